The molecule has 1 saturated carbocycles. The van der Waals surface area contributed by atoms with Gasteiger partial charge in [-0.25, -0.2) is 0 Å². The van der Waals surface area contributed by atoms with Crippen molar-refractivity contribution in [1.82, 2.24) is 0 Å². The summed E-state index contributed by atoms with van der Waals surface area (Å²) < 4.78 is 0. The molecule has 0 aromatic heterocycles. The summed E-state index contributed by atoms with van der Waals surface area (Å²) in [5.41, 5.74) is 2.42. The van der Waals surface area contributed by atoms with Crippen LogP contribution in [0.25, 0.3) is 0 Å². The van der Waals surface area contributed by atoms with Crippen LogP contribution in [0, 0.1) is 5.92 Å². The molecule has 1 aliphatic carbocycles. The topological polar surface area (TPSA) is 20.2 Å². The van der Waals surface area contributed by atoms with Crippen LogP contribution < -0.4 is 0 Å². The Morgan fingerprint density at radius 1 is 0.850 bits per heavy atom. The third kappa shape index (κ3) is 3.29. The molecule has 0 spiro atoms. The van der Waals surface area contributed by atoms with E-state index >= 15 is 0 Å². The summed E-state index contributed by atoms with van der Waals surface area (Å²) in [4.78, 5) is 0. The van der Waals surface area contributed by atoms with E-state index in [1.165, 1.54) is 24.0 Å². The molecule has 2 aromatic rings. The van der Waals surface area contributed by atoms with E-state index in [0.29, 0.717) is 0 Å². The lowest BCUT2D eigenvalue weighted by Gasteiger charge is -2.24. The zero-order valence-corrected chi connectivity index (χ0v) is 11.8. The van der Waals surface area contributed by atoms with Gasteiger partial charge in [0.05, 0.1) is 6.10 Å². The summed E-state index contributed by atoms with van der Waals surface area (Å²) >= 11 is 0. The van der Waals surface area contributed by atoms with Crippen LogP contribution in [0.4, 0.5) is 0 Å². The predicted octanol–water partition coefficient (Wildman–Crippen LogP) is 4.37. The van der Waals surface area contributed by atoms with Gasteiger partial charge in [0, 0.05) is 5.92 Å². The molecule has 1 aliphatic rings. The van der Waals surface area contributed by atoms with Gasteiger partial charge in [0.25, 0.3) is 0 Å². The monoisotopic (exact) mass is 266 g/mol. The van der Waals surface area contributed by atoms with Crippen molar-refractivity contribution in [2.24, 2.45) is 5.92 Å². The highest BCUT2D eigenvalue weighted by atomic mass is 16.3. The minimum Gasteiger partial charge on any atom is -0.392 e. The van der Waals surface area contributed by atoms with E-state index in [2.05, 4.69) is 48.5 Å². The SMILES string of the molecule is OC(CCC1CC1)C(c1ccccc1)c1ccccc1. The van der Waals surface area contributed by atoms with Crippen LogP contribution in [0.1, 0.15) is 42.7 Å². The smallest absolute Gasteiger partial charge is 0.0649 e. The first-order chi connectivity index (χ1) is 9.84. The van der Waals surface area contributed by atoms with E-state index in [9.17, 15) is 5.11 Å². The summed E-state index contributed by atoms with van der Waals surface area (Å²) in [7, 11) is 0. The maximum absolute atomic E-state index is 10.7. The highest BCUT2D eigenvalue weighted by molar-refractivity contribution is 5.33. The average Bonchev–Trinajstić information content (AvgIpc) is 3.32. The summed E-state index contributed by atoms with van der Waals surface area (Å²) in [6, 6.07) is 20.8. The molecule has 1 unspecified atom stereocenters. The number of aliphatic hydroxyl groups excluding tert-OH is 1. The van der Waals surface area contributed by atoms with Gasteiger partial charge in [-0.15, -0.1) is 0 Å². The van der Waals surface area contributed by atoms with Crippen LogP contribution in [-0.4, -0.2) is 11.2 Å². The van der Waals surface area contributed by atoms with E-state index in [1.54, 1.807) is 0 Å². The second-order valence-corrected chi connectivity index (χ2v) is 5.89. The van der Waals surface area contributed by atoms with Crippen LogP contribution in [0.5, 0.6) is 0 Å². The van der Waals surface area contributed by atoms with Gasteiger partial charge in [-0.3, -0.25) is 0 Å². The van der Waals surface area contributed by atoms with Crippen molar-refractivity contribution in [3.05, 3.63) is 71.8 Å². The molecule has 0 heterocycles. The second-order valence-electron chi connectivity index (χ2n) is 5.89. The van der Waals surface area contributed by atoms with E-state index < -0.39 is 0 Å². The van der Waals surface area contributed by atoms with E-state index in [4.69, 9.17) is 0 Å². The van der Waals surface area contributed by atoms with Crippen molar-refractivity contribution in [3.8, 4) is 0 Å². The molecule has 1 heteroatoms. The molecule has 1 N–H and O–H groups in total. The van der Waals surface area contributed by atoms with Gasteiger partial charge in [-0.2, -0.15) is 0 Å². The fourth-order valence-electron chi connectivity index (χ4n) is 2.94. The first-order valence-electron chi connectivity index (χ1n) is 7.62. The minimum atomic E-state index is -0.291. The largest absolute Gasteiger partial charge is 0.392 e. The number of hydrogen-bond donors (Lipinski definition) is 1. The van der Waals surface area contributed by atoms with Crippen molar-refractivity contribution in [2.75, 3.05) is 0 Å². The Balaban J connectivity index is 1.82. The normalized spacial score (nSPS) is 16.3. The average molecular weight is 266 g/mol. The molecular weight excluding hydrogens is 244 g/mol. The Kier molecular flexibility index (Phi) is 4.17. The standard InChI is InChI=1S/C19H22O/c20-18(14-13-15-11-12-15)19(16-7-3-1-4-8-16)17-9-5-2-6-10-17/h1-10,15,18-20H,11-14H2. The lowest BCUT2D eigenvalue weighted by Crippen LogP contribution is -2.20. The maximum atomic E-state index is 10.7. The van der Waals surface area contributed by atoms with Gasteiger partial charge in [-0.1, -0.05) is 73.5 Å². The summed E-state index contributed by atoms with van der Waals surface area (Å²) in [6.07, 6.45) is 4.49. The van der Waals surface area contributed by atoms with Crippen LogP contribution >= 0.6 is 0 Å². The Bertz CT molecular complexity index is 476. The minimum absolute atomic E-state index is 0.0937. The third-order valence-corrected chi connectivity index (χ3v) is 4.27. The predicted molar refractivity (Wildman–Crippen MR) is 82.7 cm³/mol. The Morgan fingerprint density at radius 3 is 1.80 bits per heavy atom. The third-order valence-electron chi connectivity index (χ3n) is 4.27. The molecule has 3 rings (SSSR count). The van der Waals surface area contributed by atoms with Crippen molar-refractivity contribution in [1.29, 1.82) is 0 Å². The number of benzene rings is 2. The molecule has 0 bridgehead atoms. The van der Waals surface area contributed by atoms with E-state index in [0.717, 1.165) is 18.8 Å². The highest BCUT2D eigenvalue weighted by Crippen LogP contribution is 2.37. The van der Waals surface area contributed by atoms with Crippen LogP contribution in [0.2, 0.25) is 0 Å². The Morgan fingerprint density at radius 2 is 1.35 bits per heavy atom. The number of rotatable bonds is 6. The highest BCUT2D eigenvalue weighted by Gasteiger charge is 2.27. The molecule has 1 atom stereocenters. The van der Waals surface area contributed by atoms with Crippen molar-refractivity contribution in [2.45, 2.75) is 37.7 Å². The van der Waals surface area contributed by atoms with Gasteiger partial charge in [0.2, 0.25) is 0 Å². The lowest BCUT2D eigenvalue weighted by atomic mass is 9.84. The first kappa shape index (κ1) is 13.4. The van der Waals surface area contributed by atoms with Crippen LogP contribution in [0.15, 0.2) is 60.7 Å². The molecular formula is C19H22O. The fraction of sp³-hybridized carbons (Fsp3) is 0.368. The molecule has 0 saturated heterocycles. The van der Waals surface area contributed by atoms with Crippen molar-refractivity contribution in [3.63, 3.8) is 0 Å². The number of aliphatic hydroxyl groups is 1. The van der Waals surface area contributed by atoms with Crippen LogP contribution in [-0.2, 0) is 0 Å². The van der Waals surface area contributed by atoms with Gasteiger partial charge in [0.15, 0.2) is 0 Å². The molecule has 0 amide bonds. The van der Waals surface area contributed by atoms with Crippen molar-refractivity contribution >= 4 is 0 Å². The molecule has 0 aliphatic heterocycles. The number of hydrogen-bond acceptors (Lipinski definition) is 1. The quantitative estimate of drug-likeness (QED) is 0.823. The van der Waals surface area contributed by atoms with Crippen LogP contribution in [0.3, 0.4) is 0 Å². The molecule has 1 nitrogen and oxygen atoms in total. The summed E-state index contributed by atoms with van der Waals surface area (Å²) in [5.74, 6) is 0.966. The van der Waals surface area contributed by atoms with Gasteiger partial charge >= 0.3 is 0 Å². The zero-order valence-electron chi connectivity index (χ0n) is 11.8. The van der Waals surface area contributed by atoms with Gasteiger partial charge in [0.1, 0.15) is 0 Å². The molecule has 20 heavy (non-hydrogen) atoms. The van der Waals surface area contributed by atoms with Gasteiger partial charge < -0.3 is 5.11 Å². The molecule has 2 aromatic carbocycles. The van der Waals surface area contributed by atoms with Gasteiger partial charge in [-0.05, 0) is 29.9 Å². The molecule has 0 radical (unpaired) electrons. The maximum Gasteiger partial charge on any atom is 0.0649 e. The first-order valence-corrected chi connectivity index (χ1v) is 7.62. The Hall–Kier alpha value is -1.60. The van der Waals surface area contributed by atoms with E-state index in [-0.39, 0.29) is 12.0 Å². The second kappa shape index (κ2) is 6.23. The molecule has 1 fully saturated rings. The zero-order chi connectivity index (χ0) is 13.8. The fourth-order valence-corrected chi connectivity index (χ4v) is 2.94. The summed E-state index contributed by atoms with van der Waals surface area (Å²) in [6.45, 7) is 0. The lowest BCUT2D eigenvalue weighted by molar-refractivity contribution is 0.142. The van der Waals surface area contributed by atoms with E-state index in [1.807, 2.05) is 12.1 Å². The van der Waals surface area contributed by atoms with Crippen molar-refractivity contribution < 1.29 is 5.11 Å². The molecule has 104 valence electrons. The summed E-state index contributed by atoms with van der Waals surface area (Å²) in [5, 5.41) is 10.7. The Labute approximate surface area is 121 Å².